The van der Waals surface area contributed by atoms with Crippen molar-refractivity contribution < 1.29 is 14.3 Å². The van der Waals surface area contributed by atoms with Crippen molar-refractivity contribution in [2.45, 2.75) is 18.9 Å². The molecule has 0 spiro atoms. The van der Waals surface area contributed by atoms with Gasteiger partial charge in [0.25, 0.3) is 5.91 Å². The molecule has 1 aliphatic heterocycles. The Balaban J connectivity index is 2.12. The standard InChI is InChI=1S/C14H20N2O3/c1-18-11-3-4-13(19-2)12(9-11)14(17)16-10-5-7-15-8-6-10/h3-4,9-10,15H,5-8H2,1-2H3,(H,16,17). The number of hydrogen-bond donors (Lipinski definition) is 2. The van der Waals surface area contributed by atoms with Crippen molar-refractivity contribution in [1.29, 1.82) is 0 Å². The van der Waals surface area contributed by atoms with Crippen LogP contribution in [0.15, 0.2) is 18.2 Å². The van der Waals surface area contributed by atoms with E-state index in [1.807, 2.05) is 0 Å². The molecule has 1 aromatic carbocycles. The first kappa shape index (κ1) is 13.7. The smallest absolute Gasteiger partial charge is 0.255 e. The van der Waals surface area contributed by atoms with Crippen molar-refractivity contribution in [3.05, 3.63) is 23.8 Å². The summed E-state index contributed by atoms with van der Waals surface area (Å²) in [5, 5.41) is 6.32. The predicted molar refractivity (Wildman–Crippen MR) is 72.9 cm³/mol. The zero-order chi connectivity index (χ0) is 13.7. The second-order valence-corrected chi connectivity index (χ2v) is 4.56. The van der Waals surface area contributed by atoms with Gasteiger partial charge in [0.2, 0.25) is 0 Å². The first-order valence-corrected chi connectivity index (χ1v) is 6.48. The Morgan fingerprint density at radius 1 is 1.26 bits per heavy atom. The van der Waals surface area contributed by atoms with Crippen molar-refractivity contribution in [2.75, 3.05) is 27.3 Å². The SMILES string of the molecule is COc1ccc(OC)c(C(=O)NC2CCNCC2)c1. The monoisotopic (exact) mass is 264 g/mol. The van der Waals surface area contributed by atoms with Crippen LogP contribution in [0.5, 0.6) is 11.5 Å². The zero-order valence-electron chi connectivity index (χ0n) is 11.4. The maximum atomic E-state index is 12.3. The van der Waals surface area contributed by atoms with E-state index in [9.17, 15) is 4.79 Å². The number of benzene rings is 1. The largest absolute Gasteiger partial charge is 0.497 e. The molecule has 0 unspecified atom stereocenters. The maximum Gasteiger partial charge on any atom is 0.255 e. The van der Waals surface area contributed by atoms with Crippen molar-refractivity contribution >= 4 is 5.91 Å². The molecule has 5 heteroatoms. The van der Waals surface area contributed by atoms with Gasteiger partial charge in [0.05, 0.1) is 19.8 Å². The molecule has 0 radical (unpaired) electrons. The van der Waals surface area contributed by atoms with Gasteiger partial charge in [0, 0.05) is 6.04 Å². The molecule has 0 bridgehead atoms. The van der Waals surface area contributed by atoms with E-state index in [1.165, 1.54) is 0 Å². The molecule has 5 nitrogen and oxygen atoms in total. The van der Waals surface area contributed by atoms with Gasteiger partial charge >= 0.3 is 0 Å². The van der Waals surface area contributed by atoms with Crippen molar-refractivity contribution in [3.8, 4) is 11.5 Å². The number of carbonyl (C=O) groups excluding carboxylic acids is 1. The molecule has 0 saturated carbocycles. The molecule has 1 saturated heterocycles. The lowest BCUT2D eigenvalue weighted by Gasteiger charge is -2.24. The summed E-state index contributed by atoms with van der Waals surface area (Å²) in [6, 6.07) is 5.45. The van der Waals surface area contributed by atoms with E-state index in [2.05, 4.69) is 10.6 Å². The minimum Gasteiger partial charge on any atom is -0.497 e. The Labute approximate surface area is 113 Å². The lowest BCUT2D eigenvalue weighted by Crippen LogP contribution is -2.42. The molecule has 2 N–H and O–H groups in total. The fourth-order valence-electron chi connectivity index (χ4n) is 2.22. The average Bonchev–Trinajstić information content (AvgIpc) is 2.47. The van der Waals surface area contributed by atoms with E-state index in [4.69, 9.17) is 9.47 Å². The number of ether oxygens (including phenoxy) is 2. The van der Waals surface area contributed by atoms with Gasteiger partial charge in [-0.05, 0) is 44.1 Å². The third-order valence-corrected chi connectivity index (χ3v) is 3.33. The quantitative estimate of drug-likeness (QED) is 0.857. The third kappa shape index (κ3) is 3.38. The number of hydrogen-bond acceptors (Lipinski definition) is 4. The van der Waals surface area contributed by atoms with Gasteiger partial charge in [-0.1, -0.05) is 0 Å². The predicted octanol–water partition coefficient (Wildman–Crippen LogP) is 1.19. The van der Waals surface area contributed by atoms with E-state index in [1.54, 1.807) is 32.4 Å². The van der Waals surface area contributed by atoms with Gasteiger partial charge in [-0.2, -0.15) is 0 Å². The van der Waals surface area contributed by atoms with E-state index in [0.29, 0.717) is 17.1 Å². The Morgan fingerprint density at radius 3 is 2.63 bits per heavy atom. The summed E-state index contributed by atoms with van der Waals surface area (Å²) in [7, 11) is 3.14. The highest BCUT2D eigenvalue weighted by molar-refractivity contribution is 5.97. The Hall–Kier alpha value is -1.75. The van der Waals surface area contributed by atoms with Crippen molar-refractivity contribution in [2.24, 2.45) is 0 Å². The second kappa shape index (κ2) is 6.43. The van der Waals surface area contributed by atoms with E-state index in [0.717, 1.165) is 25.9 Å². The summed E-state index contributed by atoms with van der Waals surface area (Å²) < 4.78 is 10.4. The number of piperidine rings is 1. The zero-order valence-corrected chi connectivity index (χ0v) is 11.4. The molecule has 0 aliphatic carbocycles. The lowest BCUT2D eigenvalue weighted by atomic mass is 10.1. The molecular formula is C14H20N2O3. The molecule has 2 rings (SSSR count). The topological polar surface area (TPSA) is 59.6 Å². The van der Waals surface area contributed by atoms with Crippen molar-refractivity contribution in [1.82, 2.24) is 10.6 Å². The Morgan fingerprint density at radius 2 is 2.00 bits per heavy atom. The molecule has 104 valence electrons. The van der Waals surface area contributed by atoms with Gasteiger partial charge < -0.3 is 20.1 Å². The van der Waals surface area contributed by atoms with Crippen LogP contribution in [0, 0.1) is 0 Å². The summed E-state index contributed by atoms with van der Waals surface area (Å²) in [5.41, 5.74) is 0.514. The second-order valence-electron chi connectivity index (χ2n) is 4.56. The first-order valence-electron chi connectivity index (χ1n) is 6.48. The summed E-state index contributed by atoms with van der Waals surface area (Å²) in [6.07, 6.45) is 1.91. The van der Waals surface area contributed by atoms with Crippen LogP contribution in [0.3, 0.4) is 0 Å². The van der Waals surface area contributed by atoms with Crippen LogP contribution in [0.2, 0.25) is 0 Å². The van der Waals surface area contributed by atoms with Gasteiger partial charge in [-0.15, -0.1) is 0 Å². The van der Waals surface area contributed by atoms with Crippen LogP contribution >= 0.6 is 0 Å². The molecule has 0 aromatic heterocycles. The summed E-state index contributed by atoms with van der Waals surface area (Å²) >= 11 is 0. The van der Waals surface area contributed by atoms with Gasteiger partial charge in [0.15, 0.2) is 0 Å². The molecule has 1 fully saturated rings. The minimum absolute atomic E-state index is 0.109. The summed E-state index contributed by atoms with van der Waals surface area (Å²) in [4.78, 5) is 12.3. The van der Waals surface area contributed by atoms with Crippen molar-refractivity contribution in [3.63, 3.8) is 0 Å². The molecule has 19 heavy (non-hydrogen) atoms. The van der Waals surface area contributed by atoms with Crippen LogP contribution in [0.25, 0.3) is 0 Å². The number of rotatable bonds is 4. The van der Waals surface area contributed by atoms with Crippen LogP contribution < -0.4 is 20.1 Å². The fraction of sp³-hybridized carbons (Fsp3) is 0.500. The molecule has 0 atom stereocenters. The minimum atomic E-state index is -0.109. The average molecular weight is 264 g/mol. The van der Waals surface area contributed by atoms with Gasteiger partial charge in [-0.3, -0.25) is 4.79 Å². The number of amides is 1. The molecule has 1 aliphatic rings. The van der Waals surface area contributed by atoms with Crippen LogP contribution in [0.4, 0.5) is 0 Å². The normalized spacial score (nSPS) is 15.9. The molecule has 1 heterocycles. The fourth-order valence-corrected chi connectivity index (χ4v) is 2.22. The van der Waals surface area contributed by atoms with Crippen LogP contribution in [0.1, 0.15) is 23.2 Å². The first-order chi connectivity index (χ1) is 9.24. The van der Waals surface area contributed by atoms with Gasteiger partial charge in [-0.25, -0.2) is 0 Å². The Kier molecular flexibility index (Phi) is 4.63. The summed E-state index contributed by atoms with van der Waals surface area (Å²) in [6.45, 7) is 1.89. The highest BCUT2D eigenvalue weighted by atomic mass is 16.5. The highest BCUT2D eigenvalue weighted by Gasteiger charge is 2.19. The van der Waals surface area contributed by atoms with Crippen LogP contribution in [-0.2, 0) is 0 Å². The van der Waals surface area contributed by atoms with Gasteiger partial charge in [0.1, 0.15) is 11.5 Å². The summed E-state index contributed by atoms with van der Waals surface area (Å²) in [5.74, 6) is 1.10. The van der Waals surface area contributed by atoms with E-state index in [-0.39, 0.29) is 11.9 Å². The van der Waals surface area contributed by atoms with Crippen LogP contribution in [-0.4, -0.2) is 39.3 Å². The molecule has 1 aromatic rings. The number of nitrogens with one attached hydrogen (secondary N) is 2. The molecular weight excluding hydrogens is 244 g/mol. The van der Waals surface area contributed by atoms with E-state index < -0.39 is 0 Å². The Bertz CT molecular complexity index is 442. The maximum absolute atomic E-state index is 12.3. The number of carbonyl (C=O) groups is 1. The van der Waals surface area contributed by atoms with E-state index >= 15 is 0 Å². The molecule has 1 amide bonds. The lowest BCUT2D eigenvalue weighted by molar-refractivity contribution is 0.0926. The highest BCUT2D eigenvalue weighted by Crippen LogP contribution is 2.24. The number of methoxy groups -OCH3 is 2. The third-order valence-electron chi connectivity index (χ3n) is 3.33.